The largest absolute Gasteiger partial charge is 0.396 e. The average Bonchev–Trinajstić information content (AvgIpc) is 2.34. The average molecular weight is 272 g/mol. The van der Waals surface area contributed by atoms with E-state index in [1.54, 1.807) is 0 Å². The van der Waals surface area contributed by atoms with E-state index in [1.807, 2.05) is 0 Å². The summed E-state index contributed by atoms with van der Waals surface area (Å²) in [6.07, 6.45) is 2.45. The highest BCUT2D eigenvalue weighted by Gasteiger charge is 2.24. The van der Waals surface area contributed by atoms with Crippen molar-refractivity contribution in [1.82, 2.24) is 10.6 Å². The van der Waals surface area contributed by atoms with E-state index in [-0.39, 0.29) is 30.0 Å². The summed E-state index contributed by atoms with van der Waals surface area (Å²) in [5.41, 5.74) is 0.0295. The molecule has 0 spiro atoms. The zero-order chi connectivity index (χ0) is 14.3. The highest BCUT2D eigenvalue weighted by atomic mass is 16.5. The number of hydrogen-bond acceptors (Lipinski definition) is 4. The monoisotopic (exact) mass is 272 g/mol. The van der Waals surface area contributed by atoms with Gasteiger partial charge in [0.05, 0.1) is 6.54 Å². The summed E-state index contributed by atoms with van der Waals surface area (Å²) >= 11 is 0. The van der Waals surface area contributed by atoms with Crippen molar-refractivity contribution in [3.8, 4) is 0 Å². The highest BCUT2D eigenvalue weighted by molar-refractivity contribution is 5.78. The Kier molecular flexibility index (Phi) is 6.75. The molecule has 1 fully saturated rings. The molecule has 19 heavy (non-hydrogen) atoms. The molecule has 1 atom stereocenters. The second-order valence-corrected chi connectivity index (χ2v) is 6.27. The van der Waals surface area contributed by atoms with E-state index in [9.17, 15) is 4.79 Å². The number of aliphatic hydroxyl groups is 1. The molecule has 1 amide bonds. The Bertz CT molecular complexity index is 270. The molecule has 5 nitrogen and oxygen atoms in total. The van der Waals surface area contributed by atoms with Crippen LogP contribution in [0.15, 0.2) is 0 Å². The SMILES string of the molecule is CC(C)(C)C(CCO)NCC(=O)NC1CCOCC1. The first kappa shape index (κ1) is 16.4. The minimum absolute atomic E-state index is 0.0269. The third-order valence-electron chi connectivity index (χ3n) is 3.56. The van der Waals surface area contributed by atoms with Crippen LogP contribution in [-0.2, 0) is 9.53 Å². The van der Waals surface area contributed by atoms with E-state index in [0.717, 1.165) is 26.1 Å². The number of carbonyl (C=O) groups excluding carboxylic acids is 1. The van der Waals surface area contributed by atoms with Crippen molar-refractivity contribution >= 4 is 5.91 Å². The van der Waals surface area contributed by atoms with Gasteiger partial charge in [0.1, 0.15) is 0 Å². The minimum atomic E-state index is 0.0269. The van der Waals surface area contributed by atoms with Crippen molar-refractivity contribution in [2.45, 2.75) is 52.1 Å². The maximum atomic E-state index is 11.9. The smallest absolute Gasteiger partial charge is 0.234 e. The molecule has 112 valence electrons. The summed E-state index contributed by atoms with van der Waals surface area (Å²) in [4.78, 5) is 11.9. The molecule has 0 bridgehead atoms. The summed E-state index contributed by atoms with van der Waals surface area (Å²) in [5, 5.41) is 15.3. The van der Waals surface area contributed by atoms with Crippen LogP contribution in [0.1, 0.15) is 40.0 Å². The molecule has 0 radical (unpaired) electrons. The van der Waals surface area contributed by atoms with Crippen molar-refractivity contribution in [3.63, 3.8) is 0 Å². The molecule has 0 aromatic carbocycles. The van der Waals surface area contributed by atoms with Crippen LogP contribution in [0.25, 0.3) is 0 Å². The van der Waals surface area contributed by atoms with E-state index >= 15 is 0 Å². The Morgan fingerprint density at radius 3 is 2.53 bits per heavy atom. The molecule has 0 aliphatic carbocycles. The number of hydrogen-bond donors (Lipinski definition) is 3. The zero-order valence-electron chi connectivity index (χ0n) is 12.4. The summed E-state index contributed by atoms with van der Waals surface area (Å²) < 4.78 is 5.26. The van der Waals surface area contributed by atoms with Gasteiger partial charge in [-0.15, -0.1) is 0 Å². The molecule has 1 rings (SSSR count). The van der Waals surface area contributed by atoms with Crippen molar-refractivity contribution in [2.24, 2.45) is 5.41 Å². The van der Waals surface area contributed by atoms with Gasteiger partial charge in [-0.25, -0.2) is 0 Å². The maximum absolute atomic E-state index is 11.9. The van der Waals surface area contributed by atoms with Gasteiger partial charge in [-0.2, -0.15) is 0 Å². The number of ether oxygens (including phenoxy) is 1. The minimum Gasteiger partial charge on any atom is -0.396 e. The quantitative estimate of drug-likeness (QED) is 0.664. The molecule has 5 heteroatoms. The fourth-order valence-electron chi connectivity index (χ4n) is 2.31. The van der Waals surface area contributed by atoms with Gasteiger partial charge in [0, 0.05) is 31.9 Å². The fraction of sp³-hybridized carbons (Fsp3) is 0.929. The summed E-state index contributed by atoms with van der Waals surface area (Å²) in [7, 11) is 0. The van der Waals surface area contributed by atoms with Gasteiger partial charge in [0.25, 0.3) is 0 Å². The first-order chi connectivity index (χ1) is 8.93. The number of rotatable bonds is 6. The number of aliphatic hydroxyl groups excluding tert-OH is 1. The van der Waals surface area contributed by atoms with Crippen molar-refractivity contribution in [3.05, 3.63) is 0 Å². The van der Waals surface area contributed by atoms with Crippen LogP contribution in [0.5, 0.6) is 0 Å². The topological polar surface area (TPSA) is 70.6 Å². The zero-order valence-corrected chi connectivity index (χ0v) is 12.4. The Morgan fingerprint density at radius 1 is 1.37 bits per heavy atom. The van der Waals surface area contributed by atoms with Gasteiger partial charge in [-0.3, -0.25) is 4.79 Å². The van der Waals surface area contributed by atoms with Crippen molar-refractivity contribution < 1.29 is 14.6 Å². The lowest BCUT2D eigenvalue weighted by molar-refractivity contribution is -0.121. The van der Waals surface area contributed by atoms with E-state index in [0.29, 0.717) is 13.0 Å². The van der Waals surface area contributed by atoms with Crippen LogP contribution in [0.2, 0.25) is 0 Å². The first-order valence-electron chi connectivity index (χ1n) is 7.15. The summed E-state index contributed by atoms with van der Waals surface area (Å²) in [6.45, 7) is 8.22. The molecule has 0 aromatic heterocycles. The van der Waals surface area contributed by atoms with Gasteiger partial charge >= 0.3 is 0 Å². The van der Waals surface area contributed by atoms with E-state index < -0.39 is 0 Å². The lowest BCUT2D eigenvalue weighted by Gasteiger charge is -2.31. The predicted octanol–water partition coefficient (Wildman–Crippen LogP) is 0.668. The molecular weight excluding hydrogens is 244 g/mol. The second-order valence-electron chi connectivity index (χ2n) is 6.27. The van der Waals surface area contributed by atoms with Crippen LogP contribution in [0, 0.1) is 5.41 Å². The standard InChI is InChI=1S/C14H28N2O3/c1-14(2,3)12(4-7-17)15-10-13(18)16-11-5-8-19-9-6-11/h11-12,15,17H,4-10H2,1-3H3,(H,16,18). The Labute approximate surface area is 116 Å². The van der Waals surface area contributed by atoms with Crippen molar-refractivity contribution in [1.29, 1.82) is 0 Å². The third kappa shape index (κ3) is 6.36. The van der Waals surface area contributed by atoms with Gasteiger partial charge in [-0.05, 0) is 24.7 Å². The third-order valence-corrected chi connectivity index (χ3v) is 3.56. The van der Waals surface area contributed by atoms with Gasteiger partial charge in [0.15, 0.2) is 0 Å². The molecule has 0 aromatic rings. The summed E-state index contributed by atoms with van der Waals surface area (Å²) in [6, 6.07) is 0.381. The number of carbonyl (C=O) groups is 1. The normalized spacial score (nSPS) is 19.2. The highest BCUT2D eigenvalue weighted by Crippen LogP contribution is 2.21. The molecular formula is C14H28N2O3. The second kappa shape index (κ2) is 7.82. The Balaban J connectivity index is 2.30. The van der Waals surface area contributed by atoms with Crippen LogP contribution >= 0.6 is 0 Å². The van der Waals surface area contributed by atoms with Crippen LogP contribution in [0.3, 0.4) is 0 Å². The molecule has 3 N–H and O–H groups in total. The number of nitrogens with one attached hydrogen (secondary N) is 2. The Hall–Kier alpha value is -0.650. The van der Waals surface area contributed by atoms with E-state index in [2.05, 4.69) is 31.4 Å². The Morgan fingerprint density at radius 2 is 2.00 bits per heavy atom. The maximum Gasteiger partial charge on any atom is 0.234 e. The van der Waals surface area contributed by atoms with Crippen LogP contribution in [-0.4, -0.2) is 49.5 Å². The number of amides is 1. The van der Waals surface area contributed by atoms with Crippen molar-refractivity contribution in [2.75, 3.05) is 26.4 Å². The fourth-order valence-corrected chi connectivity index (χ4v) is 2.31. The molecule has 1 aliphatic rings. The van der Waals surface area contributed by atoms with E-state index in [1.165, 1.54) is 0 Å². The molecule has 0 saturated carbocycles. The molecule has 1 heterocycles. The summed E-state index contributed by atoms with van der Waals surface area (Å²) in [5.74, 6) is 0.0269. The van der Waals surface area contributed by atoms with Gasteiger partial charge in [0.2, 0.25) is 5.91 Å². The van der Waals surface area contributed by atoms with Gasteiger partial charge < -0.3 is 20.5 Å². The molecule has 1 unspecified atom stereocenters. The lowest BCUT2D eigenvalue weighted by atomic mass is 9.85. The van der Waals surface area contributed by atoms with Crippen LogP contribution < -0.4 is 10.6 Å². The van der Waals surface area contributed by atoms with Gasteiger partial charge in [-0.1, -0.05) is 20.8 Å². The van der Waals surface area contributed by atoms with Crippen LogP contribution in [0.4, 0.5) is 0 Å². The molecule has 1 saturated heterocycles. The lowest BCUT2D eigenvalue weighted by Crippen LogP contribution is -2.48. The van der Waals surface area contributed by atoms with E-state index in [4.69, 9.17) is 9.84 Å². The molecule has 1 aliphatic heterocycles. The first-order valence-corrected chi connectivity index (χ1v) is 7.15. The predicted molar refractivity (Wildman–Crippen MR) is 74.9 cm³/mol.